The average molecular weight is 289 g/mol. The molecule has 7 heteroatoms. The second-order valence-electron chi connectivity index (χ2n) is 4.49. The Morgan fingerprint density at radius 1 is 1.53 bits per heavy atom. The zero-order valence-corrected chi connectivity index (χ0v) is 11.2. The Hall–Kier alpha value is -1.69. The third kappa shape index (κ3) is 4.48. The van der Waals surface area contributed by atoms with Crippen molar-refractivity contribution in [3.05, 3.63) is 28.8 Å². The van der Waals surface area contributed by atoms with Crippen LogP contribution in [0.15, 0.2) is 12.3 Å². The molecule has 0 aliphatic rings. The monoisotopic (exact) mass is 288 g/mol. The SMILES string of the molecule is CC(C)CC(NC(=O)c1cc(F)cnc1Cl)C(=O)O. The molecule has 0 fully saturated rings. The average Bonchev–Trinajstić information content (AvgIpc) is 2.30. The topological polar surface area (TPSA) is 79.3 Å². The molecule has 0 spiro atoms. The highest BCUT2D eigenvalue weighted by Crippen LogP contribution is 2.14. The first-order chi connectivity index (χ1) is 8.81. The number of pyridine rings is 1. The Labute approximate surface area is 114 Å². The predicted octanol–water partition coefficient (Wildman–Crippen LogP) is 2.10. The summed E-state index contributed by atoms with van der Waals surface area (Å²) in [5, 5.41) is 11.1. The van der Waals surface area contributed by atoms with Crippen LogP contribution in [0, 0.1) is 11.7 Å². The highest BCUT2D eigenvalue weighted by atomic mass is 35.5. The van der Waals surface area contributed by atoms with E-state index in [0.29, 0.717) is 0 Å². The van der Waals surface area contributed by atoms with Gasteiger partial charge in [0.2, 0.25) is 0 Å². The third-order valence-corrected chi connectivity index (χ3v) is 2.66. The Morgan fingerprint density at radius 3 is 2.68 bits per heavy atom. The van der Waals surface area contributed by atoms with Crippen LogP contribution in [0.25, 0.3) is 0 Å². The molecule has 1 aromatic heterocycles. The highest BCUT2D eigenvalue weighted by Gasteiger charge is 2.23. The van der Waals surface area contributed by atoms with Gasteiger partial charge in [0, 0.05) is 0 Å². The number of carboxylic acids is 1. The summed E-state index contributed by atoms with van der Waals surface area (Å²) in [5.41, 5.74) is -0.184. The third-order valence-electron chi connectivity index (χ3n) is 2.36. The Kier molecular flexibility index (Phi) is 5.23. The van der Waals surface area contributed by atoms with E-state index in [1.807, 2.05) is 13.8 Å². The van der Waals surface area contributed by atoms with Gasteiger partial charge in [0.05, 0.1) is 11.8 Å². The first kappa shape index (κ1) is 15.4. The first-order valence-electron chi connectivity index (χ1n) is 5.66. The summed E-state index contributed by atoms with van der Waals surface area (Å²) in [4.78, 5) is 26.4. The predicted molar refractivity (Wildman–Crippen MR) is 67.6 cm³/mol. The van der Waals surface area contributed by atoms with Gasteiger partial charge in [0.1, 0.15) is 17.0 Å². The molecular weight excluding hydrogens is 275 g/mol. The molecule has 1 unspecified atom stereocenters. The molecule has 1 atom stereocenters. The fourth-order valence-corrected chi connectivity index (χ4v) is 1.70. The van der Waals surface area contributed by atoms with Crippen molar-refractivity contribution in [2.45, 2.75) is 26.3 Å². The molecule has 0 aliphatic carbocycles. The molecule has 0 bridgehead atoms. The maximum atomic E-state index is 13.0. The van der Waals surface area contributed by atoms with E-state index in [9.17, 15) is 14.0 Å². The van der Waals surface area contributed by atoms with Gasteiger partial charge in [-0.3, -0.25) is 4.79 Å². The van der Waals surface area contributed by atoms with Crippen molar-refractivity contribution in [1.82, 2.24) is 10.3 Å². The molecule has 1 aromatic rings. The van der Waals surface area contributed by atoms with Crippen molar-refractivity contribution in [1.29, 1.82) is 0 Å². The number of nitrogens with zero attached hydrogens (tertiary/aromatic N) is 1. The Bertz CT molecular complexity index is 494. The van der Waals surface area contributed by atoms with Crippen LogP contribution in [-0.2, 0) is 4.79 Å². The van der Waals surface area contributed by atoms with Gasteiger partial charge in [-0.25, -0.2) is 14.2 Å². The number of hydrogen-bond donors (Lipinski definition) is 2. The van der Waals surface area contributed by atoms with Crippen LogP contribution in [0.5, 0.6) is 0 Å². The second-order valence-corrected chi connectivity index (χ2v) is 4.84. The molecule has 0 saturated carbocycles. The van der Waals surface area contributed by atoms with Gasteiger partial charge in [0.25, 0.3) is 5.91 Å². The summed E-state index contributed by atoms with van der Waals surface area (Å²) in [6, 6.07) is -0.134. The number of aromatic nitrogens is 1. The highest BCUT2D eigenvalue weighted by molar-refractivity contribution is 6.32. The molecule has 1 rings (SSSR count). The summed E-state index contributed by atoms with van der Waals surface area (Å²) in [6.45, 7) is 3.66. The molecule has 104 valence electrons. The van der Waals surface area contributed by atoms with E-state index in [1.54, 1.807) is 0 Å². The van der Waals surface area contributed by atoms with Gasteiger partial charge in [-0.2, -0.15) is 0 Å². The normalized spacial score (nSPS) is 12.3. The fraction of sp³-hybridized carbons (Fsp3) is 0.417. The van der Waals surface area contributed by atoms with Gasteiger partial charge in [0.15, 0.2) is 0 Å². The minimum Gasteiger partial charge on any atom is -0.480 e. The minimum atomic E-state index is -1.15. The lowest BCUT2D eigenvalue weighted by molar-refractivity contribution is -0.139. The lowest BCUT2D eigenvalue weighted by Gasteiger charge is -2.16. The van der Waals surface area contributed by atoms with E-state index in [2.05, 4.69) is 10.3 Å². The van der Waals surface area contributed by atoms with Crippen LogP contribution >= 0.6 is 11.6 Å². The number of nitrogens with one attached hydrogen (secondary N) is 1. The van der Waals surface area contributed by atoms with E-state index in [1.165, 1.54) is 0 Å². The molecular formula is C12H14ClFN2O3. The summed E-state index contributed by atoms with van der Waals surface area (Å²) >= 11 is 5.67. The molecule has 0 saturated heterocycles. The fourth-order valence-electron chi connectivity index (χ4n) is 1.51. The first-order valence-corrected chi connectivity index (χ1v) is 6.03. The van der Waals surface area contributed by atoms with Crippen LogP contribution in [0.2, 0.25) is 5.15 Å². The number of aliphatic carboxylic acids is 1. The maximum Gasteiger partial charge on any atom is 0.326 e. The van der Waals surface area contributed by atoms with Crippen molar-refractivity contribution in [3.63, 3.8) is 0 Å². The van der Waals surface area contributed by atoms with Gasteiger partial charge in [-0.15, -0.1) is 0 Å². The largest absolute Gasteiger partial charge is 0.480 e. The van der Waals surface area contributed by atoms with Crippen LogP contribution in [0.1, 0.15) is 30.6 Å². The zero-order chi connectivity index (χ0) is 14.6. The van der Waals surface area contributed by atoms with Crippen molar-refractivity contribution >= 4 is 23.5 Å². The lowest BCUT2D eigenvalue weighted by atomic mass is 10.0. The Balaban J connectivity index is 2.87. The minimum absolute atomic E-state index is 0.0857. The summed E-state index contributed by atoms with van der Waals surface area (Å²) in [6.07, 6.45) is 1.14. The van der Waals surface area contributed by atoms with E-state index in [0.717, 1.165) is 12.3 Å². The van der Waals surface area contributed by atoms with Crippen molar-refractivity contribution in [3.8, 4) is 0 Å². The van der Waals surface area contributed by atoms with E-state index < -0.39 is 23.7 Å². The summed E-state index contributed by atoms with van der Waals surface area (Å²) in [7, 11) is 0. The van der Waals surface area contributed by atoms with Crippen LogP contribution in [0.3, 0.4) is 0 Å². The number of halogens is 2. The zero-order valence-electron chi connectivity index (χ0n) is 10.5. The Morgan fingerprint density at radius 2 is 2.16 bits per heavy atom. The molecule has 0 radical (unpaired) electrons. The van der Waals surface area contributed by atoms with E-state index in [4.69, 9.17) is 16.7 Å². The maximum absolute atomic E-state index is 13.0. The molecule has 0 aromatic carbocycles. The molecule has 2 N–H and O–H groups in total. The standard InChI is InChI=1S/C12H14ClFN2O3/c1-6(2)3-9(12(18)19)16-11(17)8-4-7(14)5-15-10(8)13/h4-6,9H,3H2,1-2H3,(H,16,17)(H,18,19). The summed E-state index contributed by atoms with van der Waals surface area (Å²) < 4.78 is 13.0. The van der Waals surface area contributed by atoms with Gasteiger partial charge < -0.3 is 10.4 Å². The number of carbonyl (C=O) groups is 2. The van der Waals surface area contributed by atoms with Crippen molar-refractivity contribution < 1.29 is 19.1 Å². The van der Waals surface area contributed by atoms with Crippen LogP contribution in [-0.4, -0.2) is 28.0 Å². The van der Waals surface area contributed by atoms with Crippen molar-refractivity contribution in [2.24, 2.45) is 5.92 Å². The molecule has 19 heavy (non-hydrogen) atoms. The lowest BCUT2D eigenvalue weighted by Crippen LogP contribution is -2.41. The van der Waals surface area contributed by atoms with Gasteiger partial charge >= 0.3 is 5.97 Å². The number of amides is 1. The van der Waals surface area contributed by atoms with Crippen LogP contribution in [0.4, 0.5) is 4.39 Å². The summed E-state index contributed by atoms with van der Waals surface area (Å²) in [5.74, 6) is -2.54. The number of hydrogen-bond acceptors (Lipinski definition) is 3. The van der Waals surface area contributed by atoms with Crippen molar-refractivity contribution in [2.75, 3.05) is 0 Å². The molecule has 1 amide bonds. The number of rotatable bonds is 5. The van der Waals surface area contributed by atoms with Crippen LogP contribution < -0.4 is 5.32 Å². The van der Waals surface area contributed by atoms with Gasteiger partial charge in [-0.1, -0.05) is 25.4 Å². The number of carbonyl (C=O) groups excluding carboxylic acids is 1. The van der Waals surface area contributed by atoms with E-state index in [-0.39, 0.29) is 23.1 Å². The van der Waals surface area contributed by atoms with Gasteiger partial charge in [-0.05, 0) is 18.4 Å². The molecule has 0 aliphatic heterocycles. The molecule has 1 heterocycles. The number of carboxylic acid groups (broad SMARTS) is 1. The quantitative estimate of drug-likeness (QED) is 0.813. The van der Waals surface area contributed by atoms with E-state index >= 15 is 0 Å². The molecule has 5 nitrogen and oxygen atoms in total. The second kappa shape index (κ2) is 6.47. The smallest absolute Gasteiger partial charge is 0.326 e.